The number of aromatic hydroxyl groups is 1. The van der Waals surface area contributed by atoms with E-state index in [1.54, 1.807) is 12.1 Å². The van der Waals surface area contributed by atoms with Crippen LogP contribution in [-0.4, -0.2) is 56.8 Å². The van der Waals surface area contributed by atoms with Crippen LogP contribution >= 0.6 is 0 Å². The predicted molar refractivity (Wildman–Crippen MR) is 140 cm³/mol. The molecule has 1 amide bonds. The Hall–Kier alpha value is -4.47. The van der Waals surface area contributed by atoms with Gasteiger partial charge in [-0.1, -0.05) is 24.3 Å². The van der Waals surface area contributed by atoms with Crippen LogP contribution in [0.5, 0.6) is 11.5 Å². The molecule has 0 spiro atoms. The number of carbonyl (C=O) groups is 7. The quantitative estimate of drug-likeness (QED) is 0.559. The van der Waals surface area contributed by atoms with Gasteiger partial charge in [-0.3, -0.25) is 33.7 Å². The highest BCUT2D eigenvalue weighted by Gasteiger charge is 2.38. The van der Waals surface area contributed by atoms with Gasteiger partial charge in [0.15, 0.2) is 11.6 Å². The van der Waals surface area contributed by atoms with E-state index in [4.69, 9.17) is 4.74 Å². The molecule has 1 atom stereocenters. The normalized spacial score (nSPS) is 20.4. The van der Waals surface area contributed by atoms with E-state index in [2.05, 4.69) is 0 Å². The van der Waals surface area contributed by atoms with Crippen molar-refractivity contribution < 1.29 is 43.4 Å². The van der Waals surface area contributed by atoms with Crippen LogP contribution in [0.25, 0.3) is 0 Å². The molecule has 10 nitrogen and oxygen atoms in total. The lowest BCUT2D eigenvalue weighted by Gasteiger charge is -2.34. The monoisotopic (exact) mass is 547 g/mol. The third-order valence-corrected chi connectivity index (χ3v) is 7.09. The number of ketones is 6. The minimum atomic E-state index is -1.34. The van der Waals surface area contributed by atoms with Gasteiger partial charge in [0.2, 0.25) is 0 Å². The van der Waals surface area contributed by atoms with Crippen molar-refractivity contribution in [3.8, 4) is 11.5 Å². The Morgan fingerprint density at radius 2 is 1.23 bits per heavy atom. The topological polar surface area (TPSA) is 152 Å². The summed E-state index contributed by atoms with van der Waals surface area (Å²) in [5.41, 5.74) is 0.551. The van der Waals surface area contributed by atoms with Crippen LogP contribution < -0.4 is 4.74 Å². The summed E-state index contributed by atoms with van der Waals surface area (Å²) in [6.07, 6.45) is -2.11. The van der Waals surface area contributed by atoms with Gasteiger partial charge in [-0.2, -0.15) is 0 Å². The van der Waals surface area contributed by atoms with Gasteiger partial charge in [-0.25, -0.2) is 4.79 Å². The maximum atomic E-state index is 13.9. The predicted octanol–water partition coefficient (Wildman–Crippen LogP) is 3.94. The summed E-state index contributed by atoms with van der Waals surface area (Å²) < 4.78 is 5.35. The molecule has 1 aliphatic heterocycles. The number of benzene rings is 2. The standard InChI is InChI=1S/C30H29NO9/c32-19-7-8-20(33)11-12-22(35)15-26(31-17-18-5-6-23(36)16-28(18)40-30(31)39)29(38)25-4-2-1-3-24(25)27(37)14-13-21(34)10-9-19/h1-6,16,26,36H,7-15,17H2. The first-order valence-corrected chi connectivity index (χ1v) is 13.2. The number of hydrogen-bond donors (Lipinski definition) is 1. The Balaban J connectivity index is 1.68. The zero-order valence-electron chi connectivity index (χ0n) is 21.9. The smallest absolute Gasteiger partial charge is 0.416 e. The highest BCUT2D eigenvalue weighted by Crippen LogP contribution is 2.32. The fraction of sp³-hybridized carbons (Fsp3) is 0.367. The number of amides is 1. The number of nitrogens with zero attached hydrogens (tertiary/aromatic N) is 1. The molecule has 10 heteroatoms. The average Bonchev–Trinajstić information content (AvgIpc) is 2.94. The van der Waals surface area contributed by atoms with Crippen molar-refractivity contribution in [2.24, 2.45) is 0 Å². The van der Waals surface area contributed by atoms with Gasteiger partial charge in [0.25, 0.3) is 0 Å². The van der Waals surface area contributed by atoms with E-state index in [1.807, 2.05) is 0 Å². The Morgan fingerprint density at radius 3 is 1.85 bits per heavy atom. The molecule has 208 valence electrons. The van der Waals surface area contributed by atoms with E-state index < -0.39 is 35.9 Å². The molecular formula is C30H29NO9. The van der Waals surface area contributed by atoms with Crippen LogP contribution in [0.3, 0.4) is 0 Å². The van der Waals surface area contributed by atoms with E-state index in [9.17, 15) is 38.7 Å². The fourth-order valence-electron chi connectivity index (χ4n) is 4.79. The van der Waals surface area contributed by atoms with Gasteiger partial charge < -0.3 is 9.84 Å². The number of Topliss-reactive ketones (excluding diaryl/α,β-unsaturated/α-hetero) is 6. The zero-order chi connectivity index (χ0) is 28.8. The zero-order valence-corrected chi connectivity index (χ0v) is 21.9. The van der Waals surface area contributed by atoms with Gasteiger partial charge in [-0.05, 0) is 12.1 Å². The summed E-state index contributed by atoms with van der Waals surface area (Å²) in [5.74, 6) is -2.35. The Labute approximate surface area is 230 Å². The number of phenolic OH excluding ortho intramolecular Hbond substituents is 1. The minimum Gasteiger partial charge on any atom is -0.508 e. The molecule has 2 aromatic rings. The van der Waals surface area contributed by atoms with Crippen molar-refractivity contribution in [3.63, 3.8) is 0 Å². The molecule has 2 aliphatic rings. The molecule has 2 aromatic carbocycles. The van der Waals surface area contributed by atoms with Crippen LogP contribution in [0.2, 0.25) is 0 Å². The number of carbonyl (C=O) groups excluding carboxylic acids is 7. The first-order valence-electron chi connectivity index (χ1n) is 13.2. The summed E-state index contributed by atoms with van der Waals surface area (Å²) in [4.78, 5) is 90.9. The summed E-state index contributed by atoms with van der Waals surface area (Å²) in [5, 5.41) is 9.74. The maximum Gasteiger partial charge on any atom is 0.416 e. The number of rotatable bonds is 1. The number of hydrogen-bond acceptors (Lipinski definition) is 9. The lowest BCUT2D eigenvalue weighted by Crippen LogP contribution is -2.49. The van der Waals surface area contributed by atoms with Gasteiger partial charge in [0, 0.05) is 80.5 Å². The Kier molecular flexibility index (Phi) is 8.98. The van der Waals surface area contributed by atoms with E-state index in [0.29, 0.717) is 5.56 Å². The molecule has 40 heavy (non-hydrogen) atoms. The Morgan fingerprint density at radius 1 is 0.675 bits per heavy atom. The largest absolute Gasteiger partial charge is 0.508 e. The Bertz CT molecular complexity index is 1390. The third-order valence-electron chi connectivity index (χ3n) is 7.09. The van der Waals surface area contributed by atoms with Crippen molar-refractivity contribution in [1.29, 1.82) is 0 Å². The summed E-state index contributed by atoms with van der Waals surface area (Å²) in [6.45, 7) is -0.0935. The molecule has 1 unspecified atom stereocenters. The van der Waals surface area contributed by atoms with Crippen LogP contribution in [0.1, 0.15) is 84.1 Å². The van der Waals surface area contributed by atoms with Crippen molar-refractivity contribution in [2.75, 3.05) is 0 Å². The highest BCUT2D eigenvalue weighted by atomic mass is 16.6. The molecule has 4 rings (SSSR count). The molecule has 1 aliphatic carbocycles. The molecule has 0 fully saturated rings. The average molecular weight is 548 g/mol. The second-order valence-corrected chi connectivity index (χ2v) is 10.00. The van der Waals surface area contributed by atoms with E-state index in [-0.39, 0.29) is 97.9 Å². The van der Waals surface area contributed by atoms with Crippen LogP contribution in [0.15, 0.2) is 42.5 Å². The summed E-state index contributed by atoms with van der Waals surface area (Å²) >= 11 is 0. The van der Waals surface area contributed by atoms with Gasteiger partial charge in [0.05, 0.1) is 6.54 Å². The van der Waals surface area contributed by atoms with E-state index in [1.165, 1.54) is 30.3 Å². The molecule has 0 radical (unpaired) electrons. The lowest BCUT2D eigenvalue weighted by atomic mass is 9.90. The first kappa shape index (κ1) is 28.5. The lowest BCUT2D eigenvalue weighted by molar-refractivity contribution is -0.127. The molecule has 1 N–H and O–H groups in total. The molecule has 0 bridgehead atoms. The van der Waals surface area contributed by atoms with Crippen LogP contribution in [-0.2, 0) is 25.7 Å². The van der Waals surface area contributed by atoms with E-state index >= 15 is 0 Å². The van der Waals surface area contributed by atoms with Crippen molar-refractivity contribution in [3.05, 3.63) is 59.2 Å². The van der Waals surface area contributed by atoms with Gasteiger partial charge >= 0.3 is 6.09 Å². The second-order valence-electron chi connectivity index (χ2n) is 10.00. The third kappa shape index (κ3) is 6.93. The second kappa shape index (κ2) is 12.6. The molecule has 0 aromatic heterocycles. The molecule has 1 heterocycles. The number of ether oxygens (including phenoxy) is 1. The summed E-state index contributed by atoms with van der Waals surface area (Å²) in [6, 6.07) is 8.87. The van der Waals surface area contributed by atoms with E-state index in [0.717, 1.165) is 4.90 Å². The van der Waals surface area contributed by atoms with Gasteiger partial charge in [0.1, 0.15) is 40.7 Å². The number of fused-ring (bicyclic) bond motifs is 2. The number of phenols is 1. The van der Waals surface area contributed by atoms with Crippen LogP contribution in [0, 0.1) is 0 Å². The summed E-state index contributed by atoms with van der Waals surface area (Å²) in [7, 11) is 0. The molecule has 0 saturated heterocycles. The molecular weight excluding hydrogens is 518 g/mol. The highest BCUT2D eigenvalue weighted by molar-refractivity contribution is 6.12. The molecule has 0 saturated carbocycles. The fourth-order valence-corrected chi connectivity index (χ4v) is 4.79. The minimum absolute atomic E-state index is 0.00516. The first-order chi connectivity index (χ1) is 19.1. The SMILES string of the molecule is O=C1CCC(=O)CCC(=O)CC(N2Cc3ccc(O)cc3OC2=O)C(=O)c2ccccc2C(=O)CCC(=O)CC1. The van der Waals surface area contributed by atoms with Crippen molar-refractivity contribution in [2.45, 2.75) is 70.4 Å². The van der Waals surface area contributed by atoms with Crippen molar-refractivity contribution >= 4 is 40.8 Å². The maximum absolute atomic E-state index is 13.9. The van der Waals surface area contributed by atoms with Crippen LogP contribution in [0.4, 0.5) is 4.79 Å². The van der Waals surface area contributed by atoms with Gasteiger partial charge in [-0.15, -0.1) is 0 Å². The van der Waals surface area contributed by atoms with Crippen molar-refractivity contribution in [1.82, 2.24) is 4.90 Å².